The second kappa shape index (κ2) is 7.90. The maximum Gasteiger partial charge on any atom is 0.280 e. The number of amides is 1. The number of aryl methyl sites for hydroxylation is 1. The van der Waals surface area contributed by atoms with Gasteiger partial charge in [0.15, 0.2) is 10.8 Å². The Morgan fingerprint density at radius 1 is 1.28 bits per heavy atom. The van der Waals surface area contributed by atoms with Gasteiger partial charge in [0, 0.05) is 26.3 Å². The summed E-state index contributed by atoms with van der Waals surface area (Å²) in [5, 5.41) is 4.73. The van der Waals surface area contributed by atoms with Crippen molar-refractivity contribution in [3.05, 3.63) is 42.0 Å². The predicted octanol–water partition coefficient (Wildman–Crippen LogP) is 2.80. The van der Waals surface area contributed by atoms with Gasteiger partial charge in [-0.05, 0) is 38.4 Å². The van der Waals surface area contributed by atoms with Crippen LogP contribution in [-0.2, 0) is 7.05 Å². The molecule has 0 aliphatic rings. The van der Waals surface area contributed by atoms with Gasteiger partial charge in [-0.2, -0.15) is 5.10 Å². The highest BCUT2D eigenvalue weighted by molar-refractivity contribution is 7.22. The van der Waals surface area contributed by atoms with E-state index < -0.39 is 0 Å². The molecule has 2 aromatic heterocycles. The predicted molar refractivity (Wildman–Crippen MR) is 100 cm³/mol. The summed E-state index contributed by atoms with van der Waals surface area (Å²) in [5.74, 6) is -0.523. The standard InChI is InChI=1S/C16H18FN5OS.ClH/c1-20(2)8-9-22(15(23)13-6-7-21(3)19-13)16-18-12-5-4-11(17)10-14(12)24-16;/h4-7,10H,8-9H2,1-3H3;1H. The van der Waals surface area contributed by atoms with Gasteiger partial charge < -0.3 is 4.90 Å². The first-order valence-corrected chi connectivity index (χ1v) is 8.28. The quantitative estimate of drug-likeness (QED) is 0.679. The van der Waals surface area contributed by atoms with Crippen LogP contribution in [0, 0.1) is 5.82 Å². The number of likely N-dealkylation sites (N-methyl/N-ethyl adjacent to an activating group) is 1. The first kappa shape index (κ1) is 19.3. The molecule has 2 heterocycles. The average molecular weight is 384 g/mol. The highest BCUT2D eigenvalue weighted by Crippen LogP contribution is 2.30. The van der Waals surface area contributed by atoms with Crippen LogP contribution in [0.3, 0.4) is 0 Å². The Morgan fingerprint density at radius 3 is 2.68 bits per heavy atom. The lowest BCUT2D eigenvalue weighted by molar-refractivity contribution is 0.0979. The van der Waals surface area contributed by atoms with Crippen molar-refractivity contribution in [3.63, 3.8) is 0 Å². The Kier molecular flexibility index (Phi) is 6.10. The smallest absolute Gasteiger partial charge is 0.280 e. The van der Waals surface area contributed by atoms with Gasteiger partial charge in [-0.25, -0.2) is 9.37 Å². The molecule has 0 saturated carbocycles. The van der Waals surface area contributed by atoms with Gasteiger partial charge in [-0.3, -0.25) is 14.4 Å². The third-order valence-electron chi connectivity index (χ3n) is 3.52. The van der Waals surface area contributed by atoms with E-state index in [2.05, 4.69) is 10.1 Å². The third-order valence-corrected chi connectivity index (χ3v) is 4.56. The molecule has 3 rings (SSSR count). The van der Waals surface area contributed by atoms with Crippen LogP contribution in [0.1, 0.15) is 10.5 Å². The lowest BCUT2D eigenvalue weighted by Crippen LogP contribution is -2.37. The third kappa shape index (κ3) is 4.33. The Morgan fingerprint density at radius 2 is 2.04 bits per heavy atom. The van der Waals surface area contributed by atoms with Crippen LogP contribution in [0.25, 0.3) is 10.2 Å². The fourth-order valence-corrected chi connectivity index (χ4v) is 3.27. The van der Waals surface area contributed by atoms with Crippen LogP contribution < -0.4 is 4.90 Å². The molecule has 0 fully saturated rings. The highest BCUT2D eigenvalue weighted by Gasteiger charge is 2.23. The summed E-state index contributed by atoms with van der Waals surface area (Å²) in [7, 11) is 5.65. The fourth-order valence-electron chi connectivity index (χ4n) is 2.25. The number of nitrogens with zero attached hydrogens (tertiary/aromatic N) is 5. The van der Waals surface area contributed by atoms with Crippen molar-refractivity contribution >= 4 is 45.0 Å². The van der Waals surface area contributed by atoms with Gasteiger partial charge in [-0.1, -0.05) is 11.3 Å². The van der Waals surface area contributed by atoms with Crippen LogP contribution in [0.5, 0.6) is 0 Å². The second-order valence-electron chi connectivity index (χ2n) is 5.74. The number of rotatable bonds is 5. The van der Waals surface area contributed by atoms with Crippen LogP contribution in [0.4, 0.5) is 9.52 Å². The van der Waals surface area contributed by atoms with Crippen molar-refractivity contribution in [1.29, 1.82) is 0 Å². The van der Waals surface area contributed by atoms with Crippen LogP contribution in [0.15, 0.2) is 30.5 Å². The Balaban J connectivity index is 0.00000225. The second-order valence-corrected chi connectivity index (χ2v) is 6.75. The van der Waals surface area contributed by atoms with E-state index in [1.165, 1.54) is 23.5 Å². The zero-order valence-electron chi connectivity index (χ0n) is 14.1. The van der Waals surface area contributed by atoms with E-state index in [-0.39, 0.29) is 24.1 Å². The normalized spacial score (nSPS) is 10.9. The summed E-state index contributed by atoms with van der Waals surface area (Å²) in [5.41, 5.74) is 1.04. The molecule has 0 bridgehead atoms. The Labute approximate surface area is 155 Å². The van der Waals surface area contributed by atoms with Crippen molar-refractivity contribution in [3.8, 4) is 0 Å². The Bertz CT molecular complexity index is 878. The topological polar surface area (TPSA) is 54.3 Å². The zero-order chi connectivity index (χ0) is 17.3. The molecule has 6 nitrogen and oxygen atoms in total. The number of anilines is 1. The van der Waals surface area contributed by atoms with E-state index in [4.69, 9.17) is 0 Å². The van der Waals surface area contributed by atoms with E-state index >= 15 is 0 Å². The minimum atomic E-state index is -0.311. The fraction of sp³-hybridized carbons (Fsp3) is 0.312. The molecule has 1 amide bonds. The SMILES string of the molecule is CN(C)CCN(C(=O)c1ccn(C)n1)c1nc2ccc(F)cc2s1.Cl. The van der Waals surface area contributed by atoms with Crippen molar-refractivity contribution in [2.75, 3.05) is 32.1 Å². The maximum atomic E-state index is 13.4. The van der Waals surface area contributed by atoms with E-state index in [1.807, 2.05) is 19.0 Å². The maximum absolute atomic E-state index is 13.4. The molecule has 9 heteroatoms. The minimum Gasteiger partial charge on any atom is -0.308 e. The van der Waals surface area contributed by atoms with Gasteiger partial charge in [0.25, 0.3) is 5.91 Å². The summed E-state index contributed by atoms with van der Waals surface area (Å²) in [4.78, 5) is 20.9. The molecule has 0 aliphatic carbocycles. The van der Waals surface area contributed by atoms with Gasteiger partial charge >= 0.3 is 0 Å². The van der Waals surface area contributed by atoms with E-state index in [9.17, 15) is 9.18 Å². The lowest BCUT2D eigenvalue weighted by Gasteiger charge is -2.21. The van der Waals surface area contributed by atoms with Gasteiger partial charge in [0.1, 0.15) is 5.82 Å². The summed E-state index contributed by atoms with van der Waals surface area (Å²) >= 11 is 1.30. The van der Waals surface area contributed by atoms with Crippen molar-refractivity contribution < 1.29 is 9.18 Å². The number of fused-ring (bicyclic) bond motifs is 1. The Hall–Kier alpha value is -2.03. The summed E-state index contributed by atoms with van der Waals surface area (Å²) in [6.07, 6.45) is 1.73. The number of halogens is 2. The van der Waals surface area contributed by atoms with Crippen molar-refractivity contribution in [2.24, 2.45) is 7.05 Å². The largest absolute Gasteiger partial charge is 0.308 e. The molecular weight excluding hydrogens is 365 g/mol. The molecule has 1 aromatic carbocycles. The van der Waals surface area contributed by atoms with E-state index in [0.717, 1.165) is 0 Å². The van der Waals surface area contributed by atoms with Crippen molar-refractivity contribution in [2.45, 2.75) is 0 Å². The molecule has 25 heavy (non-hydrogen) atoms. The number of thiazole rings is 1. The minimum absolute atomic E-state index is 0. The van der Waals surface area contributed by atoms with Gasteiger partial charge in [0.05, 0.1) is 10.2 Å². The monoisotopic (exact) mass is 383 g/mol. The molecule has 0 N–H and O–H groups in total. The van der Waals surface area contributed by atoms with Gasteiger partial charge in [-0.15, -0.1) is 12.4 Å². The number of hydrogen-bond donors (Lipinski definition) is 0. The first-order valence-electron chi connectivity index (χ1n) is 7.46. The number of carbonyl (C=O) groups excluding carboxylic acids is 1. The molecule has 0 unspecified atom stereocenters. The zero-order valence-corrected chi connectivity index (χ0v) is 15.8. The molecule has 0 atom stereocenters. The molecule has 0 saturated heterocycles. The number of carbonyl (C=O) groups is 1. The molecule has 3 aromatic rings. The highest BCUT2D eigenvalue weighted by atomic mass is 35.5. The first-order chi connectivity index (χ1) is 11.4. The number of aromatic nitrogens is 3. The van der Waals surface area contributed by atoms with Crippen molar-refractivity contribution in [1.82, 2.24) is 19.7 Å². The molecule has 134 valence electrons. The average Bonchev–Trinajstić information content (AvgIpc) is 3.12. The molecule has 0 aliphatic heterocycles. The molecular formula is C16H19ClFN5OS. The molecule has 0 radical (unpaired) electrons. The lowest BCUT2D eigenvalue weighted by atomic mass is 10.3. The number of benzene rings is 1. The summed E-state index contributed by atoms with van der Waals surface area (Å²) in [6.45, 7) is 1.16. The summed E-state index contributed by atoms with van der Waals surface area (Å²) < 4.78 is 15.7. The van der Waals surface area contributed by atoms with Crippen LogP contribution in [0.2, 0.25) is 0 Å². The summed E-state index contributed by atoms with van der Waals surface area (Å²) in [6, 6.07) is 6.11. The van der Waals surface area contributed by atoms with Crippen LogP contribution in [-0.4, -0.2) is 52.8 Å². The van der Waals surface area contributed by atoms with Gasteiger partial charge in [0.2, 0.25) is 0 Å². The molecule has 0 spiro atoms. The van der Waals surface area contributed by atoms with E-state index in [0.29, 0.717) is 34.1 Å². The number of hydrogen-bond acceptors (Lipinski definition) is 5. The van der Waals surface area contributed by atoms with Crippen LogP contribution >= 0.6 is 23.7 Å². The van der Waals surface area contributed by atoms with E-state index in [1.54, 1.807) is 35.0 Å².